The first kappa shape index (κ1) is 14.4. The number of amides is 1. The van der Waals surface area contributed by atoms with Crippen molar-refractivity contribution in [3.05, 3.63) is 0 Å². The molecule has 0 aliphatic carbocycles. The van der Waals surface area contributed by atoms with Crippen LogP contribution in [0.5, 0.6) is 0 Å². The highest BCUT2D eigenvalue weighted by atomic mass is 16.2. The molecule has 0 heterocycles. The van der Waals surface area contributed by atoms with Crippen molar-refractivity contribution in [3.8, 4) is 0 Å². The van der Waals surface area contributed by atoms with Gasteiger partial charge in [-0.05, 0) is 25.2 Å². The first-order chi connectivity index (χ1) is 7.13. The lowest BCUT2D eigenvalue weighted by molar-refractivity contribution is -0.125. The van der Waals surface area contributed by atoms with Crippen molar-refractivity contribution in [1.82, 2.24) is 5.32 Å². The summed E-state index contributed by atoms with van der Waals surface area (Å²) in [5.41, 5.74) is 5.53. The SMILES string of the molecule is CC(C)C(CN)C(=O)NCCCCCO. The maximum absolute atomic E-state index is 11.6. The summed E-state index contributed by atoms with van der Waals surface area (Å²) in [7, 11) is 0. The lowest BCUT2D eigenvalue weighted by Crippen LogP contribution is -2.38. The van der Waals surface area contributed by atoms with Crippen LogP contribution in [0.1, 0.15) is 33.1 Å². The van der Waals surface area contributed by atoms with Crippen LogP contribution in [0.2, 0.25) is 0 Å². The second kappa shape index (κ2) is 8.68. The third kappa shape index (κ3) is 6.47. The zero-order valence-corrected chi connectivity index (χ0v) is 9.83. The molecule has 0 aromatic heterocycles. The van der Waals surface area contributed by atoms with Crippen LogP contribution >= 0.6 is 0 Å². The fraction of sp³-hybridized carbons (Fsp3) is 0.909. The summed E-state index contributed by atoms with van der Waals surface area (Å²) in [6.07, 6.45) is 2.67. The molecule has 0 radical (unpaired) electrons. The van der Waals surface area contributed by atoms with E-state index >= 15 is 0 Å². The molecular formula is C11H24N2O2. The topological polar surface area (TPSA) is 75.4 Å². The molecule has 0 saturated carbocycles. The highest BCUT2D eigenvalue weighted by molar-refractivity contribution is 5.79. The first-order valence-electron chi connectivity index (χ1n) is 5.72. The number of nitrogens with two attached hydrogens (primary N) is 1. The summed E-state index contributed by atoms with van der Waals surface area (Å²) < 4.78 is 0. The van der Waals surface area contributed by atoms with Gasteiger partial charge in [0.25, 0.3) is 0 Å². The van der Waals surface area contributed by atoms with Gasteiger partial charge in [-0.1, -0.05) is 13.8 Å². The van der Waals surface area contributed by atoms with Crippen LogP contribution < -0.4 is 11.1 Å². The molecule has 0 aliphatic rings. The van der Waals surface area contributed by atoms with Crippen LogP contribution in [0.3, 0.4) is 0 Å². The fourth-order valence-electron chi connectivity index (χ4n) is 1.44. The average Bonchev–Trinajstić information content (AvgIpc) is 2.18. The van der Waals surface area contributed by atoms with E-state index in [1.807, 2.05) is 13.8 Å². The fourth-order valence-corrected chi connectivity index (χ4v) is 1.44. The molecule has 15 heavy (non-hydrogen) atoms. The second-order valence-electron chi connectivity index (χ2n) is 4.16. The Balaban J connectivity index is 3.63. The van der Waals surface area contributed by atoms with Gasteiger partial charge in [0.05, 0.1) is 5.92 Å². The molecule has 1 amide bonds. The summed E-state index contributed by atoms with van der Waals surface area (Å²) in [6, 6.07) is 0. The number of aliphatic hydroxyl groups is 1. The van der Waals surface area contributed by atoms with Crippen molar-refractivity contribution >= 4 is 5.91 Å². The molecule has 4 nitrogen and oxygen atoms in total. The molecule has 0 aromatic rings. The zero-order chi connectivity index (χ0) is 11.7. The Bertz CT molecular complexity index is 172. The highest BCUT2D eigenvalue weighted by Gasteiger charge is 2.19. The molecule has 0 fully saturated rings. The van der Waals surface area contributed by atoms with E-state index in [0.717, 1.165) is 19.3 Å². The number of hydrogen-bond donors (Lipinski definition) is 3. The molecule has 0 bridgehead atoms. The molecule has 90 valence electrons. The van der Waals surface area contributed by atoms with Gasteiger partial charge in [-0.25, -0.2) is 0 Å². The number of hydrogen-bond acceptors (Lipinski definition) is 3. The number of carbonyl (C=O) groups excluding carboxylic acids is 1. The molecule has 0 saturated heterocycles. The molecule has 4 N–H and O–H groups in total. The quantitative estimate of drug-likeness (QED) is 0.517. The minimum absolute atomic E-state index is 0.0523. The smallest absolute Gasteiger partial charge is 0.224 e. The van der Waals surface area contributed by atoms with Gasteiger partial charge in [0.1, 0.15) is 0 Å². The van der Waals surface area contributed by atoms with E-state index in [2.05, 4.69) is 5.32 Å². The molecule has 0 spiro atoms. The number of carbonyl (C=O) groups is 1. The van der Waals surface area contributed by atoms with Gasteiger partial charge < -0.3 is 16.2 Å². The second-order valence-corrected chi connectivity index (χ2v) is 4.16. The zero-order valence-electron chi connectivity index (χ0n) is 9.83. The van der Waals surface area contributed by atoms with Gasteiger partial charge in [0.2, 0.25) is 5.91 Å². The van der Waals surface area contributed by atoms with Crippen LogP contribution in [0.15, 0.2) is 0 Å². The van der Waals surface area contributed by atoms with Crippen LogP contribution in [-0.4, -0.2) is 30.7 Å². The minimum Gasteiger partial charge on any atom is -0.396 e. The van der Waals surface area contributed by atoms with E-state index in [1.165, 1.54) is 0 Å². The highest BCUT2D eigenvalue weighted by Crippen LogP contribution is 2.08. The Kier molecular flexibility index (Phi) is 8.33. The molecule has 4 heteroatoms. The van der Waals surface area contributed by atoms with Crippen LogP contribution in [-0.2, 0) is 4.79 Å². The number of nitrogens with one attached hydrogen (secondary N) is 1. The van der Waals surface area contributed by atoms with E-state index in [1.54, 1.807) is 0 Å². The monoisotopic (exact) mass is 216 g/mol. The largest absolute Gasteiger partial charge is 0.396 e. The minimum atomic E-state index is -0.0807. The Morgan fingerprint density at radius 3 is 2.47 bits per heavy atom. The summed E-state index contributed by atoms with van der Waals surface area (Å²) in [5.74, 6) is 0.256. The third-order valence-electron chi connectivity index (χ3n) is 2.53. The maximum Gasteiger partial charge on any atom is 0.224 e. The van der Waals surface area contributed by atoms with Gasteiger partial charge in [-0.2, -0.15) is 0 Å². The van der Waals surface area contributed by atoms with Gasteiger partial charge >= 0.3 is 0 Å². The van der Waals surface area contributed by atoms with E-state index in [-0.39, 0.29) is 24.3 Å². The van der Waals surface area contributed by atoms with Crippen LogP contribution in [0.25, 0.3) is 0 Å². The van der Waals surface area contributed by atoms with E-state index < -0.39 is 0 Å². The summed E-state index contributed by atoms with van der Waals surface area (Å²) in [6.45, 7) is 5.32. The number of aliphatic hydroxyl groups excluding tert-OH is 1. The van der Waals surface area contributed by atoms with Gasteiger partial charge in [-0.15, -0.1) is 0 Å². The molecule has 1 unspecified atom stereocenters. The predicted octanol–water partition coefficient (Wildman–Crippen LogP) is 0.496. The molecular weight excluding hydrogens is 192 g/mol. The Hall–Kier alpha value is -0.610. The standard InChI is InChI=1S/C11H24N2O2/c1-9(2)10(8-12)11(15)13-6-4-3-5-7-14/h9-10,14H,3-8,12H2,1-2H3,(H,13,15). The van der Waals surface area contributed by atoms with E-state index in [9.17, 15) is 4.79 Å². The molecule has 0 aliphatic heterocycles. The molecule has 0 rings (SSSR count). The maximum atomic E-state index is 11.6. The normalized spacial score (nSPS) is 12.9. The van der Waals surface area contributed by atoms with Crippen molar-refractivity contribution < 1.29 is 9.90 Å². The van der Waals surface area contributed by atoms with Crippen molar-refractivity contribution in [3.63, 3.8) is 0 Å². The van der Waals surface area contributed by atoms with E-state index in [4.69, 9.17) is 10.8 Å². The van der Waals surface area contributed by atoms with Crippen LogP contribution in [0.4, 0.5) is 0 Å². The van der Waals surface area contributed by atoms with Gasteiger partial charge in [0, 0.05) is 19.7 Å². The summed E-state index contributed by atoms with van der Waals surface area (Å²) in [5, 5.41) is 11.4. The molecule has 1 atom stereocenters. The van der Waals surface area contributed by atoms with Crippen molar-refractivity contribution in [2.75, 3.05) is 19.7 Å². The predicted molar refractivity (Wildman–Crippen MR) is 61.3 cm³/mol. The van der Waals surface area contributed by atoms with Crippen LogP contribution in [0, 0.1) is 11.8 Å². The van der Waals surface area contributed by atoms with Gasteiger partial charge in [-0.3, -0.25) is 4.79 Å². The first-order valence-corrected chi connectivity index (χ1v) is 5.72. The lowest BCUT2D eigenvalue weighted by atomic mass is 9.95. The molecule has 0 aromatic carbocycles. The third-order valence-corrected chi connectivity index (χ3v) is 2.53. The number of unbranched alkanes of at least 4 members (excludes halogenated alkanes) is 2. The Morgan fingerprint density at radius 2 is 2.00 bits per heavy atom. The lowest BCUT2D eigenvalue weighted by Gasteiger charge is -2.18. The van der Waals surface area contributed by atoms with E-state index in [0.29, 0.717) is 13.1 Å². The van der Waals surface area contributed by atoms with Gasteiger partial charge in [0.15, 0.2) is 0 Å². The van der Waals surface area contributed by atoms with Crippen molar-refractivity contribution in [2.45, 2.75) is 33.1 Å². The number of rotatable bonds is 8. The Morgan fingerprint density at radius 1 is 1.33 bits per heavy atom. The van der Waals surface area contributed by atoms with Crippen molar-refractivity contribution in [1.29, 1.82) is 0 Å². The summed E-state index contributed by atoms with van der Waals surface area (Å²) >= 11 is 0. The van der Waals surface area contributed by atoms with Crippen molar-refractivity contribution in [2.24, 2.45) is 17.6 Å². The average molecular weight is 216 g/mol. The summed E-state index contributed by atoms with van der Waals surface area (Å²) in [4.78, 5) is 11.6. The Labute approximate surface area is 92.2 Å².